The lowest BCUT2D eigenvalue weighted by Crippen LogP contribution is -2.45. The topological polar surface area (TPSA) is 46.2 Å². The van der Waals surface area contributed by atoms with E-state index in [1.807, 2.05) is 0 Å². The normalized spacial score (nSPS) is 28.7. The van der Waals surface area contributed by atoms with Crippen LogP contribution >= 0.6 is 10.7 Å². The van der Waals surface area contributed by atoms with Crippen molar-refractivity contribution in [2.24, 2.45) is 5.41 Å². The van der Waals surface area contributed by atoms with E-state index < -0.39 is 9.24 Å². The maximum Gasteiger partial charge on any atom is 0.297 e. The van der Waals surface area contributed by atoms with Gasteiger partial charge >= 0.3 is 0 Å². The summed E-state index contributed by atoms with van der Waals surface area (Å²) in [6.07, 6.45) is 4.19. The predicted molar refractivity (Wildman–Crippen MR) is 53.9 cm³/mol. The highest BCUT2D eigenvalue weighted by Crippen LogP contribution is 2.35. The smallest absolute Gasteiger partial charge is 0.198 e. The fourth-order valence-electron chi connectivity index (χ4n) is 1.88. The second-order valence-corrected chi connectivity index (χ2v) is 6.67. The first kappa shape index (κ1) is 11.3. The van der Waals surface area contributed by atoms with E-state index in [9.17, 15) is 8.42 Å². The van der Waals surface area contributed by atoms with E-state index in [-0.39, 0.29) is 11.5 Å². The number of hydrogen-bond donors (Lipinski definition) is 1. The van der Waals surface area contributed by atoms with Gasteiger partial charge < -0.3 is 0 Å². The Kier molecular flexibility index (Phi) is 3.25. The molecule has 13 heavy (non-hydrogen) atoms. The molecule has 0 aromatic heterocycles. The Bertz CT molecular complexity index is 274. The molecule has 0 bridgehead atoms. The van der Waals surface area contributed by atoms with Crippen LogP contribution in [-0.2, 0) is 9.24 Å². The van der Waals surface area contributed by atoms with Crippen molar-refractivity contribution in [1.29, 1.82) is 0 Å². The molecule has 0 aromatic carbocycles. The standard InChI is InChI=1S/C8H16ClNO2S/c1-8(2)6-4-3-5-7(8)10-13(9,11)12/h7,10H,3-6H2,1-2H3. The maximum absolute atomic E-state index is 10.8. The van der Waals surface area contributed by atoms with Crippen LogP contribution in [-0.4, -0.2) is 14.5 Å². The van der Waals surface area contributed by atoms with Crippen LogP contribution < -0.4 is 4.72 Å². The lowest BCUT2D eigenvalue weighted by atomic mass is 9.74. The van der Waals surface area contributed by atoms with E-state index in [1.165, 1.54) is 6.42 Å². The Morgan fingerprint density at radius 1 is 1.38 bits per heavy atom. The highest BCUT2D eigenvalue weighted by atomic mass is 35.7. The molecule has 1 aliphatic rings. The van der Waals surface area contributed by atoms with Crippen molar-refractivity contribution in [3.05, 3.63) is 0 Å². The maximum atomic E-state index is 10.8. The molecule has 1 saturated carbocycles. The third-order valence-corrected chi connectivity index (χ3v) is 3.62. The molecule has 1 fully saturated rings. The van der Waals surface area contributed by atoms with Gasteiger partial charge in [-0.25, -0.2) is 0 Å². The molecule has 0 amide bonds. The van der Waals surface area contributed by atoms with Crippen LogP contribution in [0.5, 0.6) is 0 Å². The van der Waals surface area contributed by atoms with Crippen LogP contribution in [0.15, 0.2) is 0 Å². The Labute approximate surface area is 84.4 Å². The first-order valence-electron chi connectivity index (χ1n) is 4.53. The van der Waals surface area contributed by atoms with Crippen LogP contribution in [0.2, 0.25) is 0 Å². The summed E-state index contributed by atoms with van der Waals surface area (Å²) in [5.74, 6) is 0. The second-order valence-electron chi connectivity index (χ2n) is 4.34. The SMILES string of the molecule is CC1(C)CCCCC1NS(=O)(=O)Cl. The zero-order valence-corrected chi connectivity index (χ0v) is 9.58. The fraction of sp³-hybridized carbons (Fsp3) is 1.00. The summed E-state index contributed by atoms with van der Waals surface area (Å²) >= 11 is 0. The average molecular weight is 226 g/mol. The summed E-state index contributed by atoms with van der Waals surface area (Å²) in [5.41, 5.74) is 0.0280. The van der Waals surface area contributed by atoms with Crippen LogP contribution in [0.1, 0.15) is 39.5 Å². The van der Waals surface area contributed by atoms with Crippen molar-refractivity contribution in [1.82, 2.24) is 4.72 Å². The number of halogens is 1. The molecule has 78 valence electrons. The lowest BCUT2D eigenvalue weighted by Gasteiger charge is -2.38. The number of nitrogens with one attached hydrogen (secondary N) is 1. The average Bonchev–Trinajstić information content (AvgIpc) is 1.91. The molecule has 1 N–H and O–H groups in total. The molecular weight excluding hydrogens is 210 g/mol. The largest absolute Gasteiger partial charge is 0.297 e. The Hall–Kier alpha value is 0.200. The van der Waals surface area contributed by atoms with E-state index in [0.717, 1.165) is 19.3 Å². The first-order chi connectivity index (χ1) is 5.81. The minimum Gasteiger partial charge on any atom is -0.198 e. The molecule has 1 rings (SSSR count). The molecule has 0 heterocycles. The van der Waals surface area contributed by atoms with Gasteiger partial charge in [0.1, 0.15) is 0 Å². The molecule has 0 aromatic rings. The van der Waals surface area contributed by atoms with Crippen molar-refractivity contribution in [2.45, 2.75) is 45.6 Å². The number of rotatable bonds is 2. The quantitative estimate of drug-likeness (QED) is 0.731. The van der Waals surface area contributed by atoms with Crippen LogP contribution in [0.4, 0.5) is 0 Å². The molecule has 1 aliphatic carbocycles. The summed E-state index contributed by atoms with van der Waals surface area (Å²) in [5, 5.41) is 0. The van der Waals surface area contributed by atoms with E-state index in [1.54, 1.807) is 0 Å². The van der Waals surface area contributed by atoms with Crippen molar-refractivity contribution in [2.75, 3.05) is 0 Å². The predicted octanol–water partition coefficient (Wildman–Crippen LogP) is 2.03. The minimum atomic E-state index is -3.57. The van der Waals surface area contributed by atoms with Gasteiger partial charge in [-0.3, -0.25) is 0 Å². The lowest BCUT2D eigenvalue weighted by molar-refractivity contribution is 0.189. The third kappa shape index (κ3) is 3.44. The Morgan fingerprint density at radius 3 is 2.46 bits per heavy atom. The summed E-state index contributed by atoms with van der Waals surface area (Å²) in [7, 11) is 1.58. The van der Waals surface area contributed by atoms with Crippen molar-refractivity contribution in [3.8, 4) is 0 Å². The summed E-state index contributed by atoms with van der Waals surface area (Å²) < 4.78 is 24.2. The molecule has 0 spiro atoms. The zero-order chi connectivity index (χ0) is 10.1. The van der Waals surface area contributed by atoms with Gasteiger partial charge in [-0.2, -0.15) is 13.1 Å². The van der Waals surface area contributed by atoms with Gasteiger partial charge in [0.15, 0.2) is 0 Å². The van der Waals surface area contributed by atoms with E-state index >= 15 is 0 Å². The highest BCUT2D eigenvalue weighted by molar-refractivity contribution is 8.12. The van der Waals surface area contributed by atoms with Crippen molar-refractivity contribution >= 4 is 19.9 Å². The number of hydrogen-bond acceptors (Lipinski definition) is 2. The van der Waals surface area contributed by atoms with Gasteiger partial charge in [0.2, 0.25) is 0 Å². The van der Waals surface area contributed by atoms with Gasteiger partial charge in [-0.15, -0.1) is 0 Å². The molecule has 3 nitrogen and oxygen atoms in total. The van der Waals surface area contributed by atoms with Crippen LogP contribution in [0, 0.1) is 5.41 Å². The summed E-state index contributed by atoms with van der Waals surface area (Å²) in [6.45, 7) is 4.15. The molecule has 0 radical (unpaired) electrons. The van der Waals surface area contributed by atoms with Gasteiger partial charge in [0.05, 0.1) is 0 Å². The Balaban J connectivity index is 2.67. The zero-order valence-electron chi connectivity index (χ0n) is 8.01. The van der Waals surface area contributed by atoms with E-state index in [2.05, 4.69) is 18.6 Å². The van der Waals surface area contributed by atoms with Crippen LogP contribution in [0.3, 0.4) is 0 Å². The fourth-order valence-corrected chi connectivity index (χ4v) is 2.98. The Morgan fingerprint density at radius 2 is 2.00 bits per heavy atom. The van der Waals surface area contributed by atoms with Gasteiger partial charge in [0, 0.05) is 16.7 Å². The summed E-state index contributed by atoms with van der Waals surface area (Å²) in [4.78, 5) is 0. The molecule has 5 heteroatoms. The highest BCUT2D eigenvalue weighted by Gasteiger charge is 2.34. The monoisotopic (exact) mass is 225 g/mol. The second kappa shape index (κ2) is 3.75. The van der Waals surface area contributed by atoms with Crippen LogP contribution in [0.25, 0.3) is 0 Å². The van der Waals surface area contributed by atoms with E-state index in [4.69, 9.17) is 10.7 Å². The van der Waals surface area contributed by atoms with Gasteiger partial charge in [-0.05, 0) is 18.3 Å². The molecule has 0 aliphatic heterocycles. The minimum absolute atomic E-state index is 0.0104. The molecule has 0 saturated heterocycles. The molecule has 1 atom stereocenters. The van der Waals surface area contributed by atoms with E-state index in [0.29, 0.717) is 0 Å². The van der Waals surface area contributed by atoms with Gasteiger partial charge in [0.25, 0.3) is 9.24 Å². The van der Waals surface area contributed by atoms with Crippen molar-refractivity contribution in [3.63, 3.8) is 0 Å². The molecular formula is C8H16ClNO2S. The summed E-state index contributed by atoms with van der Waals surface area (Å²) in [6, 6.07) is -0.0104. The molecule has 1 unspecified atom stereocenters. The third-order valence-electron chi connectivity index (χ3n) is 2.79. The van der Waals surface area contributed by atoms with Gasteiger partial charge in [-0.1, -0.05) is 26.7 Å². The van der Waals surface area contributed by atoms with Crippen molar-refractivity contribution < 1.29 is 8.42 Å². The first-order valence-corrected chi connectivity index (χ1v) is 6.84.